The Morgan fingerprint density at radius 1 is 1.19 bits per heavy atom. The molecular formula is C26H39FN6O3. The molecule has 1 aromatic rings. The first-order chi connectivity index (χ1) is 17.1. The number of likely N-dealkylation sites (tertiary alicyclic amines) is 1. The zero-order valence-electron chi connectivity index (χ0n) is 21.7. The summed E-state index contributed by atoms with van der Waals surface area (Å²) in [5.41, 5.74) is 1.47. The number of nitrogens with zero attached hydrogens (tertiary/aromatic N) is 5. The summed E-state index contributed by atoms with van der Waals surface area (Å²) in [4.78, 5) is 28.2. The number of aromatic nitrogens is 2. The largest absolute Gasteiger partial charge is 0.465 e. The van der Waals surface area contributed by atoms with Crippen molar-refractivity contribution in [3.63, 3.8) is 0 Å². The lowest BCUT2D eigenvalue weighted by Crippen LogP contribution is -2.68. The first-order valence-corrected chi connectivity index (χ1v) is 13.5. The van der Waals surface area contributed by atoms with Crippen LogP contribution in [0.3, 0.4) is 0 Å². The summed E-state index contributed by atoms with van der Waals surface area (Å²) >= 11 is 0. The number of amides is 1. The van der Waals surface area contributed by atoms with Crippen molar-refractivity contribution < 1.29 is 19.0 Å². The van der Waals surface area contributed by atoms with Crippen LogP contribution in [0.1, 0.15) is 64.1 Å². The number of ether oxygens (including phenoxy) is 1. The molecule has 1 amide bonds. The Kier molecular flexibility index (Phi) is 5.64. The standard InChI is InChI=1S/C26H39FN6O3/c1-24(2,3)26-6-4-18(33(26)23(34)35)13-32(15-26)21-19-10-28-11-20(19)29-22(30-21)36-16-25(7-8-25)14-31-9-5-17(27)12-31/h17-18,28H,4-16H2,1-3H3,(H,34,35)/t17-,18?,26?/m1/s1. The van der Waals surface area contributed by atoms with Crippen molar-refractivity contribution >= 4 is 11.9 Å². The van der Waals surface area contributed by atoms with E-state index in [9.17, 15) is 14.3 Å². The molecule has 2 bridgehead atoms. The summed E-state index contributed by atoms with van der Waals surface area (Å²) < 4.78 is 19.9. The highest BCUT2D eigenvalue weighted by Gasteiger charge is 2.59. The van der Waals surface area contributed by atoms with E-state index >= 15 is 0 Å². The molecule has 1 aromatic heterocycles. The third kappa shape index (κ3) is 4.00. The van der Waals surface area contributed by atoms with Crippen LogP contribution in [0.2, 0.25) is 0 Å². The van der Waals surface area contributed by atoms with Crippen LogP contribution in [0.25, 0.3) is 0 Å². The molecule has 198 valence electrons. The summed E-state index contributed by atoms with van der Waals surface area (Å²) in [5, 5.41) is 13.5. The monoisotopic (exact) mass is 502 g/mol. The minimum Gasteiger partial charge on any atom is -0.465 e. The van der Waals surface area contributed by atoms with Crippen LogP contribution in [0.5, 0.6) is 6.01 Å². The summed E-state index contributed by atoms with van der Waals surface area (Å²) in [6.45, 7) is 11.9. The van der Waals surface area contributed by atoms with Crippen molar-refractivity contribution in [1.82, 2.24) is 25.1 Å². The zero-order valence-corrected chi connectivity index (χ0v) is 21.7. The predicted molar refractivity (Wildman–Crippen MR) is 133 cm³/mol. The number of halogens is 1. The molecule has 6 rings (SSSR count). The van der Waals surface area contributed by atoms with E-state index < -0.39 is 17.8 Å². The van der Waals surface area contributed by atoms with Gasteiger partial charge in [0, 0.05) is 56.8 Å². The second kappa shape index (κ2) is 8.41. The van der Waals surface area contributed by atoms with Crippen LogP contribution in [0, 0.1) is 10.8 Å². The van der Waals surface area contributed by atoms with E-state index in [-0.39, 0.29) is 16.9 Å². The van der Waals surface area contributed by atoms with Crippen molar-refractivity contribution in [3.05, 3.63) is 11.3 Å². The van der Waals surface area contributed by atoms with Gasteiger partial charge in [-0.15, -0.1) is 0 Å². The smallest absolute Gasteiger partial charge is 0.408 e. The van der Waals surface area contributed by atoms with E-state index in [0.29, 0.717) is 51.8 Å². The van der Waals surface area contributed by atoms with Gasteiger partial charge in [0.25, 0.3) is 0 Å². The Hall–Kier alpha value is -2.20. The van der Waals surface area contributed by atoms with Crippen molar-refractivity contribution in [2.75, 3.05) is 44.2 Å². The van der Waals surface area contributed by atoms with Crippen LogP contribution in [-0.4, -0.2) is 88.1 Å². The molecule has 4 aliphatic heterocycles. The first kappa shape index (κ1) is 24.2. The summed E-state index contributed by atoms with van der Waals surface area (Å²) in [6, 6.07) is 0.357. The highest BCUT2D eigenvalue weighted by molar-refractivity contribution is 5.69. The van der Waals surface area contributed by atoms with Gasteiger partial charge in [-0.2, -0.15) is 9.97 Å². The normalized spacial score (nSPS) is 31.1. The number of piperazine rings is 1. The van der Waals surface area contributed by atoms with E-state index in [1.807, 2.05) is 0 Å². The van der Waals surface area contributed by atoms with Crippen molar-refractivity contribution in [1.29, 1.82) is 0 Å². The third-order valence-electron chi connectivity index (χ3n) is 9.39. The van der Waals surface area contributed by atoms with Crippen molar-refractivity contribution in [2.45, 2.75) is 83.7 Å². The average Bonchev–Trinajstić information content (AvgIpc) is 3.10. The maximum absolute atomic E-state index is 13.7. The number of carbonyl (C=O) groups is 1. The van der Waals surface area contributed by atoms with Crippen LogP contribution >= 0.6 is 0 Å². The summed E-state index contributed by atoms with van der Waals surface area (Å²) in [7, 11) is 0. The lowest BCUT2D eigenvalue weighted by Gasteiger charge is -2.54. The summed E-state index contributed by atoms with van der Waals surface area (Å²) in [6.07, 6.45) is 3.01. The van der Waals surface area contributed by atoms with E-state index in [2.05, 4.69) is 35.9 Å². The highest BCUT2D eigenvalue weighted by atomic mass is 19.1. The van der Waals surface area contributed by atoms with E-state index in [0.717, 1.165) is 55.8 Å². The Bertz CT molecular complexity index is 1040. The van der Waals surface area contributed by atoms with E-state index in [4.69, 9.17) is 14.7 Å². The molecule has 9 nitrogen and oxygen atoms in total. The molecule has 2 N–H and O–H groups in total. The van der Waals surface area contributed by atoms with Gasteiger partial charge in [-0.1, -0.05) is 20.8 Å². The molecule has 10 heteroatoms. The molecule has 0 spiro atoms. The SMILES string of the molecule is CC(C)(C)C12CCC(CN(c3nc(OCC4(CN5CC[C@@H](F)C5)CC4)nc4c3CNC4)C1)N2C(=O)O. The van der Waals surface area contributed by atoms with Crippen molar-refractivity contribution in [3.8, 4) is 6.01 Å². The number of rotatable bonds is 6. The topological polar surface area (TPSA) is 94.1 Å². The number of hydrogen-bond donors (Lipinski definition) is 2. The van der Waals surface area contributed by atoms with Gasteiger partial charge in [-0.3, -0.25) is 9.80 Å². The van der Waals surface area contributed by atoms with E-state index in [1.165, 1.54) is 0 Å². The fourth-order valence-corrected chi connectivity index (χ4v) is 7.04. The molecule has 1 saturated carbocycles. The summed E-state index contributed by atoms with van der Waals surface area (Å²) in [5.74, 6) is 0.884. The average molecular weight is 503 g/mol. The fraction of sp³-hybridized carbons (Fsp3) is 0.808. The molecule has 0 aromatic carbocycles. The maximum atomic E-state index is 13.7. The second-order valence-corrected chi connectivity index (χ2v) is 12.8. The van der Waals surface area contributed by atoms with Gasteiger partial charge in [0.2, 0.25) is 0 Å². The minimum atomic E-state index is -0.822. The minimum absolute atomic E-state index is 0.0469. The Morgan fingerprint density at radius 2 is 2.00 bits per heavy atom. The maximum Gasteiger partial charge on any atom is 0.408 e. The molecule has 5 aliphatic rings. The third-order valence-corrected chi connectivity index (χ3v) is 9.39. The Labute approximate surface area is 212 Å². The lowest BCUT2D eigenvalue weighted by atomic mass is 9.71. The van der Waals surface area contributed by atoms with Gasteiger partial charge in [0.15, 0.2) is 0 Å². The van der Waals surface area contributed by atoms with Crippen LogP contribution in [-0.2, 0) is 13.1 Å². The van der Waals surface area contributed by atoms with E-state index in [1.54, 1.807) is 4.90 Å². The van der Waals surface area contributed by atoms with Crippen LogP contribution in [0.4, 0.5) is 15.0 Å². The number of nitrogens with one attached hydrogen (secondary N) is 1. The van der Waals surface area contributed by atoms with Crippen LogP contribution in [0.15, 0.2) is 0 Å². The number of alkyl halides is 1. The van der Waals surface area contributed by atoms with Gasteiger partial charge >= 0.3 is 12.1 Å². The number of carboxylic acid groups (broad SMARTS) is 1. The second-order valence-electron chi connectivity index (χ2n) is 12.8. The lowest BCUT2D eigenvalue weighted by molar-refractivity contribution is 0.00517. The molecule has 4 fully saturated rings. The first-order valence-electron chi connectivity index (χ1n) is 13.5. The molecule has 0 radical (unpaired) electrons. The fourth-order valence-electron chi connectivity index (χ4n) is 7.04. The van der Waals surface area contributed by atoms with Gasteiger partial charge in [-0.05, 0) is 37.5 Å². The quantitative estimate of drug-likeness (QED) is 0.613. The van der Waals surface area contributed by atoms with Gasteiger partial charge in [0.05, 0.1) is 23.9 Å². The Balaban J connectivity index is 1.24. The molecule has 36 heavy (non-hydrogen) atoms. The molecule has 3 saturated heterocycles. The highest BCUT2D eigenvalue weighted by Crippen LogP contribution is 2.51. The van der Waals surface area contributed by atoms with Gasteiger partial charge in [-0.25, -0.2) is 9.18 Å². The van der Waals surface area contributed by atoms with Gasteiger partial charge in [0.1, 0.15) is 12.0 Å². The zero-order chi connectivity index (χ0) is 25.3. The predicted octanol–water partition coefficient (Wildman–Crippen LogP) is 3.03. The molecule has 5 heterocycles. The number of fused-ring (bicyclic) bond motifs is 3. The Morgan fingerprint density at radius 3 is 2.67 bits per heavy atom. The van der Waals surface area contributed by atoms with Crippen LogP contribution < -0.4 is 15.0 Å². The number of anilines is 1. The molecular weight excluding hydrogens is 463 g/mol. The van der Waals surface area contributed by atoms with Gasteiger partial charge < -0.3 is 20.1 Å². The molecule has 2 unspecified atom stereocenters. The van der Waals surface area contributed by atoms with Crippen molar-refractivity contribution in [2.24, 2.45) is 10.8 Å². The molecule has 3 atom stereocenters. The molecule has 1 aliphatic carbocycles. The number of hydrogen-bond acceptors (Lipinski definition) is 7.